The molecule has 78 valence electrons. The van der Waals surface area contributed by atoms with Crippen LogP contribution in [0.15, 0.2) is 18.2 Å². The Morgan fingerprint density at radius 2 is 2.29 bits per heavy atom. The molecule has 14 heavy (non-hydrogen) atoms. The van der Waals surface area contributed by atoms with Crippen molar-refractivity contribution in [3.8, 4) is 5.75 Å². The molecule has 1 unspecified atom stereocenters. The van der Waals surface area contributed by atoms with Crippen LogP contribution in [0.4, 0.5) is 4.39 Å². The predicted octanol–water partition coefficient (Wildman–Crippen LogP) is 2.15. The highest BCUT2D eigenvalue weighted by molar-refractivity contribution is 7.80. The van der Waals surface area contributed by atoms with E-state index in [1.165, 1.54) is 6.07 Å². The zero-order valence-electron chi connectivity index (χ0n) is 8.03. The van der Waals surface area contributed by atoms with E-state index in [0.717, 1.165) is 5.56 Å². The molecule has 2 N–H and O–H groups in total. The molecule has 0 fully saturated rings. The Balaban J connectivity index is 2.88. The third-order valence-corrected chi connectivity index (χ3v) is 2.27. The molecule has 1 rings (SSSR count). The molecule has 0 aromatic heterocycles. The third kappa shape index (κ3) is 2.62. The minimum absolute atomic E-state index is 0.233. The summed E-state index contributed by atoms with van der Waals surface area (Å²) < 4.78 is 18.4. The van der Waals surface area contributed by atoms with Gasteiger partial charge in [-0.3, -0.25) is 0 Å². The van der Waals surface area contributed by atoms with Crippen LogP contribution in [0.5, 0.6) is 5.75 Å². The summed E-state index contributed by atoms with van der Waals surface area (Å²) in [6.07, 6.45) is 0. The molecule has 1 aromatic rings. The average Bonchev–Trinajstić information content (AvgIpc) is 2.20. The van der Waals surface area contributed by atoms with Crippen LogP contribution in [-0.2, 0) is 0 Å². The van der Waals surface area contributed by atoms with Crippen molar-refractivity contribution in [2.45, 2.75) is 13.0 Å². The Morgan fingerprint density at radius 1 is 1.57 bits per heavy atom. The molecule has 0 saturated heterocycles. The standard InChI is InChI=1S/C10H14FNOS/c1-2-13-10-4-3-7(5-8(10)11)9(12)6-14/h3-5,9,14H,2,6,12H2,1H3. The quantitative estimate of drug-likeness (QED) is 0.755. The highest BCUT2D eigenvalue weighted by atomic mass is 32.1. The van der Waals surface area contributed by atoms with Crippen molar-refractivity contribution in [2.75, 3.05) is 12.4 Å². The van der Waals surface area contributed by atoms with E-state index in [9.17, 15) is 4.39 Å². The van der Waals surface area contributed by atoms with Gasteiger partial charge in [-0.2, -0.15) is 12.6 Å². The molecule has 0 amide bonds. The fraction of sp³-hybridized carbons (Fsp3) is 0.400. The number of thiol groups is 1. The van der Waals surface area contributed by atoms with Gasteiger partial charge >= 0.3 is 0 Å². The largest absolute Gasteiger partial charge is 0.491 e. The number of hydrogen-bond donors (Lipinski definition) is 2. The highest BCUT2D eigenvalue weighted by Crippen LogP contribution is 2.21. The van der Waals surface area contributed by atoms with Crippen molar-refractivity contribution in [1.82, 2.24) is 0 Å². The highest BCUT2D eigenvalue weighted by Gasteiger charge is 2.08. The number of ether oxygens (including phenoxy) is 1. The fourth-order valence-electron chi connectivity index (χ4n) is 1.13. The minimum Gasteiger partial charge on any atom is -0.491 e. The van der Waals surface area contributed by atoms with E-state index in [-0.39, 0.29) is 17.6 Å². The van der Waals surface area contributed by atoms with Gasteiger partial charge in [-0.25, -0.2) is 4.39 Å². The lowest BCUT2D eigenvalue weighted by molar-refractivity contribution is 0.321. The molecule has 1 aromatic carbocycles. The second kappa shape index (κ2) is 5.22. The van der Waals surface area contributed by atoms with Gasteiger partial charge in [0.05, 0.1) is 6.61 Å². The summed E-state index contributed by atoms with van der Waals surface area (Å²) in [4.78, 5) is 0. The molecule has 0 bridgehead atoms. The van der Waals surface area contributed by atoms with Crippen LogP contribution in [0.25, 0.3) is 0 Å². The number of nitrogens with two attached hydrogens (primary N) is 1. The molecule has 2 nitrogen and oxygen atoms in total. The van der Waals surface area contributed by atoms with Gasteiger partial charge in [-0.05, 0) is 24.6 Å². The van der Waals surface area contributed by atoms with E-state index < -0.39 is 0 Å². The normalized spacial score (nSPS) is 12.6. The second-order valence-corrected chi connectivity index (χ2v) is 3.28. The number of rotatable bonds is 4. The first kappa shape index (κ1) is 11.3. The Morgan fingerprint density at radius 3 is 2.79 bits per heavy atom. The molecule has 0 saturated carbocycles. The van der Waals surface area contributed by atoms with Crippen molar-refractivity contribution in [3.05, 3.63) is 29.6 Å². The van der Waals surface area contributed by atoms with Crippen LogP contribution in [0, 0.1) is 5.82 Å². The van der Waals surface area contributed by atoms with Crippen molar-refractivity contribution in [2.24, 2.45) is 5.73 Å². The van der Waals surface area contributed by atoms with Gasteiger partial charge < -0.3 is 10.5 Å². The summed E-state index contributed by atoms with van der Waals surface area (Å²) in [5.41, 5.74) is 6.44. The van der Waals surface area contributed by atoms with Crippen molar-refractivity contribution in [3.63, 3.8) is 0 Å². The summed E-state index contributed by atoms with van der Waals surface area (Å²) in [5, 5.41) is 0. The Labute approximate surface area is 88.7 Å². The van der Waals surface area contributed by atoms with Crippen molar-refractivity contribution < 1.29 is 9.13 Å². The number of benzene rings is 1. The molecule has 0 aliphatic rings. The lowest BCUT2D eigenvalue weighted by Gasteiger charge is -2.10. The molecule has 0 spiro atoms. The lowest BCUT2D eigenvalue weighted by atomic mass is 10.1. The molecule has 0 aliphatic heterocycles. The smallest absolute Gasteiger partial charge is 0.165 e. The van der Waals surface area contributed by atoms with E-state index in [1.54, 1.807) is 12.1 Å². The van der Waals surface area contributed by atoms with E-state index in [2.05, 4.69) is 12.6 Å². The van der Waals surface area contributed by atoms with Crippen LogP contribution in [0.1, 0.15) is 18.5 Å². The van der Waals surface area contributed by atoms with Gasteiger partial charge in [-0.15, -0.1) is 0 Å². The zero-order valence-corrected chi connectivity index (χ0v) is 8.93. The SMILES string of the molecule is CCOc1ccc(C(N)CS)cc1F. The summed E-state index contributed by atoms with van der Waals surface area (Å²) in [6, 6.07) is 4.52. The minimum atomic E-state index is -0.374. The van der Waals surface area contributed by atoms with Crippen LogP contribution >= 0.6 is 12.6 Å². The van der Waals surface area contributed by atoms with E-state index in [0.29, 0.717) is 12.4 Å². The first-order valence-electron chi connectivity index (χ1n) is 4.47. The first-order valence-corrected chi connectivity index (χ1v) is 5.11. The first-order chi connectivity index (χ1) is 6.69. The summed E-state index contributed by atoms with van der Waals surface area (Å²) >= 11 is 4.05. The lowest BCUT2D eigenvalue weighted by Crippen LogP contribution is -2.12. The Hall–Kier alpha value is -0.740. The van der Waals surface area contributed by atoms with Crippen molar-refractivity contribution in [1.29, 1.82) is 0 Å². The topological polar surface area (TPSA) is 35.2 Å². The van der Waals surface area contributed by atoms with Gasteiger partial charge in [0, 0.05) is 11.8 Å². The van der Waals surface area contributed by atoms with Crippen LogP contribution in [0.2, 0.25) is 0 Å². The van der Waals surface area contributed by atoms with Crippen LogP contribution < -0.4 is 10.5 Å². The fourth-order valence-corrected chi connectivity index (χ4v) is 1.34. The number of hydrogen-bond acceptors (Lipinski definition) is 3. The third-order valence-electron chi connectivity index (χ3n) is 1.88. The maximum absolute atomic E-state index is 13.3. The number of halogens is 1. The van der Waals surface area contributed by atoms with Crippen LogP contribution in [-0.4, -0.2) is 12.4 Å². The van der Waals surface area contributed by atoms with E-state index >= 15 is 0 Å². The van der Waals surface area contributed by atoms with Gasteiger partial charge in [0.15, 0.2) is 11.6 Å². The molecule has 4 heteroatoms. The predicted molar refractivity (Wildman–Crippen MR) is 58.4 cm³/mol. The average molecular weight is 215 g/mol. The second-order valence-electron chi connectivity index (χ2n) is 2.91. The van der Waals surface area contributed by atoms with Crippen LogP contribution in [0.3, 0.4) is 0 Å². The monoisotopic (exact) mass is 215 g/mol. The summed E-state index contributed by atoms with van der Waals surface area (Å²) in [7, 11) is 0. The Bertz CT molecular complexity index is 306. The molecule has 0 aliphatic carbocycles. The maximum atomic E-state index is 13.3. The molecule has 0 radical (unpaired) electrons. The van der Waals surface area contributed by atoms with Gasteiger partial charge in [0.1, 0.15) is 0 Å². The van der Waals surface area contributed by atoms with E-state index in [1.807, 2.05) is 6.92 Å². The maximum Gasteiger partial charge on any atom is 0.165 e. The Kier molecular flexibility index (Phi) is 4.22. The molecule has 0 heterocycles. The van der Waals surface area contributed by atoms with Gasteiger partial charge in [0.2, 0.25) is 0 Å². The van der Waals surface area contributed by atoms with Gasteiger partial charge in [0.25, 0.3) is 0 Å². The van der Waals surface area contributed by atoms with Crippen molar-refractivity contribution >= 4 is 12.6 Å². The molecule has 1 atom stereocenters. The zero-order chi connectivity index (χ0) is 10.6. The summed E-state index contributed by atoms with van der Waals surface area (Å²) in [6.45, 7) is 2.27. The molecular formula is C10H14FNOS. The summed E-state index contributed by atoms with van der Waals surface area (Å²) in [5.74, 6) is 0.386. The van der Waals surface area contributed by atoms with E-state index in [4.69, 9.17) is 10.5 Å². The van der Waals surface area contributed by atoms with Gasteiger partial charge in [-0.1, -0.05) is 6.07 Å². The molecular weight excluding hydrogens is 201 g/mol.